The summed E-state index contributed by atoms with van der Waals surface area (Å²) >= 11 is 1.23. The third-order valence-electron chi connectivity index (χ3n) is 7.21. The molecule has 10 heteroatoms. The van der Waals surface area contributed by atoms with E-state index in [0.29, 0.717) is 29.6 Å². The van der Waals surface area contributed by atoms with Crippen LogP contribution in [0.3, 0.4) is 0 Å². The maximum Gasteiger partial charge on any atom is 0.332 e. The number of carbonyl (C=O) groups excluding carboxylic acids is 2. The molecule has 0 radical (unpaired) electrons. The number of carbonyl (C=O) groups is 2. The van der Waals surface area contributed by atoms with Crippen LogP contribution in [0.1, 0.15) is 31.2 Å². The first-order chi connectivity index (χ1) is 18.9. The molecule has 0 unspecified atom stereocenters. The lowest BCUT2D eigenvalue weighted by Gasteiger charge is -2.28. The molecule has 2 N–H and O–H groups in total. The molecule has 0 spiro atoms. The molecular weight excluding hydrogens is 519 g/mol. The number of fused-ring (bicyclic) bond motifs is 1. The van der Waals surface area contributed by atoms with Crippen molar-refractivity contribution in [3.05, 3.63) is 98.3 Å². The summed E-state index contributed by atoms with van der Waals surface area (Å²) in [5, 5.41) is 7.33. The maximum absolute atomic E-state index is 13.5. The van der Waals surface area contributed by atoms with E-state index >= 15 is 0 Å². The van der Waals surface area contributed by atoms with Crippen molar-refractivity contribution in [3.8, 4) is 0 Å². The minimum absolute atomic E-state index is 0.0288. The van der Waals surface area contributed by atoms with E-state index in [1.807, 2.05) is 30.3 Å². The van der Waals surface area contributed by atoms with Crippen molar-refractivity contribution in [2.24, 2.45) is 11.8 Å². The van der Waals surface area contributed by atoms with E-state index in [1.165, 1.54) is 38.7 Å². The molecule has 1 fully saturated rings. The zero-order valence-electron chi connectivity index (χ0n) is 21.3. The maximum atomic E-state index is 13.5. The van der Waals surface area contributed by atoms with Gasteiger partial charge in [-0.2, -0.15) is 0 Å². The monoisotopic (exact) mass is 548 g/mol. The summed E-state index contributed by atoms with van der Waals surface area (Å²) in [5.41, 5.74) is 0.813. The molecule has 4 aromatic rings. The molecule has 0 bridgehead atoms. The first kappa shape index (κ1) is 26.6. The number of benzene rings is 2. The average molecular weight is 549 g/mol. The van der Waals surface area contributed by atoms with Crippen molar-refractivity contribution < 1.29 is 14.0 Å². The molecule has 0 atom stereocenters. The van der Waals surface area contributed by atoms with Gasteiger partial charge < -0.3 is 10.6 Å². The smallest absolute Gasteiger partial charge is 0.332 e. The molecule has 2 aromatic heterocycles. The highest BCUT2D eigenvalue weighted by Crippen LogP contribution is 2.30. The van der Waals surface area contributed by atoms with E-state index in [0.717, 1.165) is 18.4 Å². The van der Waals surface area contributed by atoms with Crippen LogP contribution >= 0.6 is 11.3 Å². The Morgan fingerprint density at radius 1 is 0.949 bits per heavy atom. The Morgan fingerprint density at radius 3 is 2.46 bits per heavy atom. The number of thiophene rings is 1. The lowest BCUT2D eigenvalue weighted by atomic mass is 9.81. The third kappa shape index (κ3) is 6.17. The summed E-state index contributed by atoms with van der Waals surface area (Å²) in [6.45, 7) is 0.411. The Bertz CT molecular complexity index is 1600. The molecule has 39 heavy (non-hydrogen) atoms. The molecule has 5 rings (SSSR count). The van der Waals surface area contributed by atoms with Crippen LogP contribution in [-0.4, -0.2) is 20.9 Å². The highest BCUT2D eigenvalue weighted by Gasteiger charge is 2.28. The Labute approximate surface area is 228 Å². The number of amides is 2. The lowest BCUT2D eigenvalue weighted by molar-refractivity contribution is -0.126. The van der Waals surface area contributed by atoms with Crippen molar-refractivity contribution in [1.82, 2.24) is 14.5 Å². The van der Waals surface area contributed by atoms with E-state index in [4.69, 9.17) is 0 Å². The van der Waals surface area contributed by atoms with Gasteiger partial charge in [-0.1, -0.05) is 36.4 Å². The number of nitrogens with zero attached hydrogens (tertiary/aromatic N) is 2. The molecule has 1 saturated carbocycles. The van der Waals surface area contributed by atoms with Crippen LogP contribution in [0.15, 0.2) is 75.6 Å². The van der Waals surface area contributed by atoms with Crippen molar-refractivity contribution in [1.29, 1.82) is 0 Å². The number of hydrogen-bond donors (Lipinski definition) is 2. The van der Waals surface area contributed by atoms with Crippen LogP contribution in [0, 0.1) is 17.7 Å². The fraction of sp³-hybridized carbons (Fsp3) is 0.310. The number of aromatic nitrogens is 2. The quantitative estimate of drug-likeness (QED) is 0.346. The summed E-state index contributed by atoms with van der Waals surface area (Å²) in [7, 11) is 0. The fourth-order valence-electron chi connectivity index (χ4n) is 5.15. The Balaban J connectivity index is 1.26. The highest BCUT2D eigenvalue weighted by molar-refractivity contribution is 7.17. The largest absolute Gasteiger partial charge is 0.352 e. The van der Waals surface area contributed by atoms with Gasteiger partial charge in [0.1, 0.15) is 17.1 Å². The number of hydrogen-bond acceptors (Lipinski definition) is 5. The van der Waals surface area contributed by atoms with Crippen LogP contribution in [0.5, 0.6) is 0 Å². The molecule has 1 aliphatic rings. The zero-order chi connectivity index (χ0) is 27.4. The summed E-state index contributed by atoms with van der Waals surface area (Å²) in [6, 6.07) is 16.9. The van der Waals surface area contributed by atoms with Gasteiger partial charge in [0.15, 0.2) is 0 Å². The second-order valence-corrected chi connectivity index (χ2v) is 10.8. The van der Waals surface area contributed by atoms with Crippen LogP contribution in [0.2, 0.25) is 0 Å². The molecule has 2 heterocycles. The summed E-state index contributed by atoms with van der Waals surface area (Å²) < 4.78 is 16.4. The zero-order valence-corrected chi connectivity index (χ0v) is 22.1. The van der Waals surface area contributed by atoms with Gasteiger partial charge in [0.2, 0.25) is 11.8 Å². The lowest BCUT2D eigenvalue weighted by Crippen LogP contribution is -2.43. The Kier molecular flexibility index (Phi) is 8.02. The van der Waals surface area contributed by atoms with Crippen molar-refractivity contribution in [3.63, 3.8) is 0 Å². The molecular formula is C29H29FN4O4S. The van der Waals surface area contributed by atoms with Crippen LogP contribution in [0.4, 0.5) is 10.1 Å². The van der Waals surface area contributed by atoms with Gasteiger partial charge in [0.25, 0.3) is 5.56 Å². The number of halogens is 1. The average Bonchev–Trinajstić information content (AvgIpc) is 3.43. The van der Waals surface area contributed by atoms with Crippen molar-refractivity contribution in [2.75, 3.05) is 5.32 Å². The molecule has 1 aliphatic carbocycles. The molecule has 8 nitrogen and oxygen atoms in total. The minimum Gasteiger partial charge on any atom is -0.352 e. The van der Waals surface area contributed by atoms with E-state index in [2.05, 4.69) is 10.6 Å². The normalized spacial score (nSPS) is 17.2. The first-order valence-corrected chi connectivity index (χ1v) is 13.8. The second-order valence-electron chi connectivity index (χ2n) is 9.90. The highest BCUT2D eigenvalue weighted by atomic mass is 32.1. The summed E-state index contributed by atoms with van der Waals surface area (Å²) in [6.07, 6.45) is 2.81. The van der Waals surface area contributed by atoms with Gasteiger partial charge in [-0.15, -0.1) is 11.3 Å². The van der Waals surface area contributed by atoms with Gasteiger partial charge in [0, 0.05) is 24.7 Å². The van der Waals surface area contributed by atoms with Crippen molar-refractivity contribution in [2.45, 2.75) is 45.3 Å². The minimum atomic E-state index is -0.553. The SMILES string of the molecule is O=C(Cn1c(=O)n(CC2CCC(C(=O)NCc3ccccc3)CC2)c(=O)c2sccc21)Nc1cccc(F)c1. The van der Waals surface area contributed by atoms with Gasteiger partial charge in [0.05, 0.1) is 5.52 Å². The van der Waals surface area contributed by atoms with Gasteiger partial charge in [-0.05, 0) is 66.8 Å². The molecule has 2 amide bonds. The standard InChI is InChI=1S/C29H29FN4O4S/c30-22-7-4-8-23(15-22)32-25(35)18-33-24-13-14-39-26(24)28(37)34(29(33)38)17-20-9-11-21(12-10-20)27(36)31-16-19-5-2-1-3-6-19/h1-8,13-15,20-21H,9-12,16-18H2,(H,31,36)(H,32,35). The van der Waals surface area contributed by atoms with Crippen LogP contribution in [0.25, 0.3) is 10.2 Å². The topological polar surface area (TPSA) is 102 Å². The molecule has 2 aromatic carbocycles. The van der Waals surface area contributed by atoms with Gasteiger partial charge in [-0.3, -0.25) is 23.5 Å². The molecule has 0 saturated heterocycles. The second kappa shape index (κ2) is 11.8. The van der Waals surface area contributed by atoms with Gasteiger partial charge >= 0.3 is 5.69 Å². The fourth-order valence-corrected chi connectivity index (χ4v) is 6.00. The van der Waals surface area contributed by atoms with E-state index in [9.17, 15) is 23.6 Å². The predicted molar refractivity (Wildman–Crippen MR) is 149 cm³/mol. The number of anilines is 1. The van der Waals surface area contributed by atoms with Gasteiger partial charge in [-0.25, -0.2) is 9.18 Å². The van der Waals surface area contributed by atoms with E-state index < -0.39 is 17.4 Å². The summed E-state index contributed by atoms with van der Waals surface area (Å²) in [5.74, 6) is -0.976. The molecule has 202 valence electrons. The number of nitrogens with one attached hydrogen (secondary N) is 2. The summed E-state index contributed by atoms with van der Waals surface area (Å²) in [4.78, 5) is 52.0. The van der Waals surface area contributed by atoms with Crippen molar-refractivity contribution >= 4 is 39.1 Å². The van der Waals surface area contributed by atoms with E-state index in [-0.39, 0.29) is 42.1 Å². The predicted octanol–water partition coefficient (Wildman–Crippen LogP) is 4.13. The van der Waals surface area contributed by atoms with Crippen LogP contribution in [-0.2, 0) is 29.2 Å². The number of rotatable bonds is 8. The third-order valence-corrected chi connectivity index (χ3v) is 8.11. The Morgan fingerprint density at radius 2 is 1.72 bits per heavy atom. The Hall–Kier alpha value is -4.05. The van der Waals surface area contributed by atoms with Crippen LogP contribution < -0.4 is 21.9 Å². The molecule has 0 aliphatic heterocycles. The van der Waals surface area contributed by atoms with E-state index in [1.54, 1.807) is 17.5 Å². The first-order valence-electron chi connectivity index (χ1n) is 13.0.